The second-order valence-electron chi connectivity index (χ2n) is 6.40. The molecule has 0 saturated heterocycles. The highest BCUT2D eigenvalue weighted by atomic mass is 16.4. The molecule has 0 saturated carbocycles. The minimum atomic E-state index is -1.18. The number of carboxylic acid groups (broad SMARTS) is 1. The summed E-state index contributed by atoms with van der Waals surface area (Å²) >= 11 is 0. The molecule has 7 N–H and O–H groups in total. The smallest absolute Gasteiger partial charge is 0.326 e. The topological polar surface area (TPSA) is 171 Å². The molecule has 0 aromatic carbocycles. The Morgan fingerprint density at radius 2 is 1.65 bits per heavy atom. The van der Waals surface area contributed by atoms with Crippen LogP contribution in [0.2, 0.25) is 0 Å². The highest BCUT2D eigenvalue weighted by Crippen LogP contribution is 2.06. The number of carbonyl (C=O) groups is 4. The Bertz CT molecular complexity index is 497. The second-order valence-corrected chi connectivity index (χ2v) is 6.40. The van der Waals surface area contributed by atoms with Crippen LogP contribution in [-0.2, 0) is 19.2 Å². The van der Waals surface area contributed by atoms with E-state index in [4.69, 9.17) is 10.8 Å². The van der Waals surface area contributed by atoms with Gasteiger partial charge >= 0.3 is 5.97 Å². The number of nitrogens with two attached hydrogens (primary N) is 1. The van der Waals surface area contributed by atoms with E-state index in [0.29, 0.717) is 19.4 Å². The molecule has 0 aliphatic heterocycles. The summed E-state index contributed by atoms with van der Waals surface area (Å²) < 4.78 is 0. The van der Waals surface area contributed by atoms with Crippen LogP contribution >= 0.6 is 0 Å². The van der Waals surface area contributed by atoms with Crippen LogP contribution < -0.4 is 21.7 Å². The first kappa shape index (κ1) is 23.8. The summed E-state index contributed by atoms with van der Waals surface area (Å²) in [5.41, 5.74) is 5.44. The lowest BCUT2D eigenvalue weighted by molar-refractivity contribution is -0.143. The fourth-order valence-corrected chi connectivity index (χ4v) is 2.14. The van der Waals surface area contributed by atoms with Crippen molar-refractivity contribution in [1.82, 2.24) is 16.0 Å². The Hall–Kier alpha value is -2.20. The number of aliphatic hydroxyl groups is 1. The third kappa shape index (κ3) is 9.33. The van der Waals surface area contributed by atoms with Crippen molar-refractivity contribution >= 4 is 23.7 Å². The molecular formula is C16H30N4O6. The fourth-order valence-electron chi connectivity index (χ4n) is 2.14. The minimum absolute atomic E-state index is 0.164. The summed E-state index contributed by atoms with van der Waals surface area (Å²) in [7, 11) is 0. The second kappa shape index (κ2) is 12.2. The maximum atomic E-state index is 12.4. The van der Waals surface area contributed by atoms with E-state index in [2.05, 4.69) is 16.0 Å². The van der Waals surface area contributed by atoms with Crippen LogP contribution in [-0.4, -0.2) is 65.2 Å². The molecule has 3 atom stereocenters. The third-order valence-electron chi connectivity index (χ3n) is 3.69. The Kier molecular flexibility index (Phi) is 11.2. The quantitative estimate of drug-likeness (QED) is 0.221. The number of aliphatic hydroxyl groups excluding tert-OH is 1. The van der Waals surface area contributed by atoms with Gasteiger partial charge in [0.1, 0.15) is 18.1 Å². The molecule has 10 nitrogen and oxygen atoms in total. The molecular weight excluding hydrogens is 344 g/mol. The van der Waals surface area contributed by atoms with Crippen LogP contribution in [0.25, 0.3) is 0 Å². The molecule has 10 heteroatoms. The molecule has 0 aromatic heterocycles. The van der Waals surface area contributed by atoms with Crippen molar-refractivity contribution in [2.24, 2.45) is 11.7 Å². The van der Waals surface area contributed by atoms with Crippen molar-refractivity contribution in [3.05, 3.63) is 0 Å². The normalized spacial score (nSPS) is 14.2. The van der Waals surface area contributed by atoms with Crippen LogP contribution in [0.4, 0.5) is 0 Å². The van der Waals surface area contributed by atoms with E-state index in [9.17, 15) is 24.3 Å². The Morgan fingerprint density at radius 1 is 1.04 bits per heavy atom. The van der Waals surface area contributed by atoms with Gasteiger partial charge in [-0.3, -0.25) is 14.4 Å². The van der Waals surface area contributed by atoms with Crippen molar-refractivity contribution in [3.63, 3.8) is 0 Å². The Morgan fingerprint density at radius 3 is 2.12 bits per heavy atom. The van der Waals surface area contributed by atoms with Crippen LogP contribution in [0.3, 0.4) is 0 Å². The summed E-state index contributed by atoms with van der Waals surface area (Å²) in [4.78, 5) is 46.4. The van der Waals surface area contributed by atoms with Gasteiger partial charge in [-0.15, -0.1) is 0 Å². The molecule has 26 heavy (non-hydrogen) atoms. The van der Waals surface area contributed by atoms with Gasteiger partial charge in [-0.1, -0.05) is 13.8 Å². The summed E-state index contributed by atoms with van der Waals surface area (Å²) in [6.07, 6.45) is 1.32. The molecule has 0 aromatic rings. The zero-order valence-electron chi connectivity index (χ0n) is 15.4. The van der Waals surface area contributed by atoms with Crippen molar-refractivity contribution < 1.29 is 29.4 Å². The summed E-state index contributed by atoms with van der Waals surface area (Å²) in [6, 6.07) is -3.25. The largest absolute Gasteiger partial charge is 0.480 e. The monoisotopic (exact) mass is 374 g/mol. The molecule has 0 fully saturated rings. The average Bonchev–Trinajstić information content (AvgIpc) is 2.56. The van der Waals surface area contributed by atoms with Crippen molar-refractivity contribution in [2.45, 2.75) is 58.2 Å². The summed E-state index contributed by atoms with van der Waals surface area (Å²) in [6.45, 7) is 4.55. The van der Waals surface area contributed by atoms with E-state index in [-0.39, 0.29) is 18.2 Å². The standard InChI is InChI=1S/C16H30N4O6/c1-9(2)13(16(25)26)20-15(24)12(19-14(23)11(17)8-21)6-4-5-7-18-10(3)22/h9,11-13,21H,4-8,17H2,1-3H3,(H,18,22)(H,19,23)(H,20,24)(H,25,26)/t11-,12-,13-/m0/s1. The Balaban J connectivity index is 4.88. The number of unbranched alkanes of at least 4 members (excludes halogenated alkanes) is 1. The molecule has 3 amide bonds. The molecule has 0 rings (SSSR count). The number of hydrogen-bond acceptors (Lipinski definition) is 6. The van der Waals surface area contributed by atoms with E-state index in [1.807, 2.05) is 0 Å². The molecule has 0 aliphatic carbocycles. The molecule has 0 unspecified atom stereocenters. The maximum Gasteiger partial charge on any atom is 0.326 e. The van der Waals surface area contributed by atoms with Gasteiger partial charge in [0, 0.05) is 13.5 Å². The molecule has 0 bridgehead atoms. The SMILES string of the molecule is CC(=O)NCCCC[C@H](NC(=O)[C@@H](N)CO)C(=O)N[C@H](C(=O)O)C(C)C. The minimum Gasteiger partial charge on any atom is -0.480 e. The third-order valence-corrected chi connectivity index (χ3v) is 3.69. The highest BCUT2D eigenvalue weighted by Gasteiger charge is 2.29. The summed E-state index contributed by atoms with van der Waals surface area (Å²) in [5, 5.41) is 25.6. The van der Waals surface area contributed by atoms with Gasteiger partial charge in [-0.25, -0.2) is 4.79 Å². The van der Waals surface area contributed by atoms with Gasteiger partial charge in [0.05, 0.1) is 6.61 Å². The van der Waals surface area contributed by atoms with Gasteiger partial charge in [-0.05, 0) is 25.2 Å². The predicted octanol–water partition coefficient (Wildman–Crippen LogP) is -1.68. The lowest BCUT2D eigenvalue weighted by Crippen LogP contribution is -2.55. The first-order chi connectivity index (χ1) is 12.1. The molecule has 0 spiro atoms. The van der Waals surface area contributed by atoms with Crippen LogP contribution in [0, 0.1) is 5.92 Å². The molecule has 0 heterocycles. The van der Waals surface area contributed by atoms with Crippen LogP contribution in [0.15, 0.2) is 0 Å². The number of rotatable bonds is 12. The van der Waals surface area contributed by atoms with E-state index in [1.165, 1.54) is 6.92 Å². The first-order valence-corrected chi connectivity index (χ1v) is 8.54. The zero-order valence-corrected chi connectivity index (χ0v) is 15.4. The number of hydrogen-bond donors (Lipinski definition) is 6. The lowest BCUT2D eigenvalue weighted by Gasteiger charge is -2.24. The van der Waals surface area contributed by atoms with E-state index >= 15 is 0 Å². The number of carbonyl (C=O) groups excluding carboxylic acids is 3. The number of carboxylic acids is 1. The average molecular weight is 374 g/mol. The van der Waals surface area contributed by atoms with E-state index in [1.54, 1.807) is 13.8 Å². The molecule has 0 radical (unpaired) electrons. The van der Waals surface area contributed by atoms with Gasteiger partial charge in [0.2, 0.25) is 17.7 Å². The lowest BCUT2D eigenvalue weighted by atomic mass is 10.0. The van der Waals surface area contributed by atoms with Crippen molar-refractivity contribution in [1.29, 1.82) is 0 Å². The van der Waals surface area contributed by atoms with Crippen LogP contribution in [0.1, 0.15) is 40.0 Å². The zero-order chi connectivity index (χ0) is 20.3. The van der Waals surface area contributed by atoms with Gasteiger partial charge in [0.15, 0.2) is 0 Å². The summed E-state index contributed by atoms with van der Waals surface area (Å²) in [5.74, 6) is -3.01. The maximum absolute atomic E-state index is 12.4. The van der Waals surface area contributed by atoms with Crippen molar-refractivity contribution in [3.8, 4) is 0 Å². The number of aliphatic carboxylic acids is 1. The molecule has 0 aliphatic rings. The molecule has 150 valence electrons. The highest BCUT2D eigenvalue weighted by molar-refractivity contribution is 5.91. The van der Waals surface area contributed by atoms with Gasteiger partial charge in [-0.2, -0.15) is 0 Å². The fraction of sp³-hybridized carbons (Fsp3) is 0.750. The van der Waals surface area contributed by atoms with Crippen molar-refractivity contribution in [2.75, 3.05) is 13.2 Å². The predicted molar refractivity (Wildman–Crippen MR) is 93.9 cm³/mol. The number of nitrogens with one attached hydrogen (secondary N) is 3. The van der Waals surface area contributed by atoms with E-state index in [0.717, 1.165) is 0 Å². The van der Waals surface area contributed by atoms with Crippen LogP contribution in [0.5, 0.6) is 0 Å². The number of amides is 3. The van der Waals surface area contributed by atoms with E-state index < -0.39 is 42.5 Å². The Labute approximate surface area is 152 Å². The first-order valence-electron chi connectivity index (χ1n) is 8.54. The van der Waals surface area contributed by atoms with Gasteiger partial charge in [0.25, 0.3) is 0 Å². The van der Waals surface area contributed by atoms with Gasteiger partial charge < -0.3 is 31.9 Å².